The Labute approximate surface area is 450 Å². The number of rotatable bonds is 26. The minimum absolute atomic E-state index is 0.0669. The van der Waals surface area contributed by atoms with Gasteiger partial charge < -0.3 is 67.6 Å². The number of aliphatic hydroxyl groups is 1. The lowest BCUT2D eigenvalue weighted by atomic mass is 9.83. The van der Waals surface area contributed by atoms with Gasteiger partial charge in [0.2, 0.25) is 17.7 Å². The molecule has 3 heterocycles. The van der Waals surface area contributed by atoms with E-state index in [-0.39, 0.29) is 60.8 Å². The average molecular weight is 1100 g/mol. The summed E-state index contributed by atoms with van der Waals surface area (Å²) >= 11 is 8.22. The van der Waals surface area contributed by atoms with Gasteiger partial charge in [-0.2, -0.15) is 0 Å². The van der Waals surface area contributed by atoms with E-state index in [1.807, 2.05) is 26.8 Å². The maximum atomic E-state index is 14.4. The van der Waals surface area contributed by atoms with Crippen molar-refractivity contribution in [3.05, 3.63) is 46.5 Å². The van der Waals surface area contributed by atoms with Gasteiger partial charge in [-0.3, -0.25) is 24.5 Å². The van der Waals surface area contributed by atoms with Crippen molar-refractivity contribution in [1.82, 2.24) is 15.5 Å². The summed E-state index contributed by atoms with van der Waals surface area (Å²) in [5, 5.41) is 17.4. The SMILES string of the molecule is COC(=O)CCOCCOCCOCCOCCNC(=O)CSC(C)(C)CCC(=O)N(C)[C@@H](C)C(=O)O[C@H]1CC(=O)N(C)c2cc(cc(OC)c2Cl)C/C(C)=C/C=C/[C@@H](OC)[C@@]2(O)C[C@H](OC(=O)N2)[C@@H](C)[C@@H]2O[C@@]12C. The standard InChI is InChI=1S/C52H79ClN4O17S/c1-33-13-12-14-40(66-10)52(64)31-39(72-49(63)55-52)34(2)47-51(6,74-47)41(30-44(60)57(8)37-28-36(27-33)29-38(65-9)46(37)53)73-48(62)35(3)56(7)43(59)15-17-50(4,5)75-32-42(58)54-18-20-69-22-24-71-26-25-70-23-21-68-19-16-45(61)67-11/h12-14,28-29,34-35,39-41,47,64H,15-27,30-32H2,1-11H3,(H,54,58)(H,55,63)/b14-12+,33-13+/t34-,35+,39+,40-,41+,47+,51+,52+/m1/s1. The third kappa shape index (κ3) is 19.2. The van der Waals surface area contributed by atoms with E-state index in [0.717, 1.165) is 11.1 Å². The Kier molecular flexibility index (Phi) is 25.1. The number of alkyl carbamates (subject to hydrolysis) is 1. The number of halogens is 1. The zero-order valence-corrected chi connectivity index (χ0v) is 46.9. The van der Waals surface area contributed by atoms with Gasteiger partial charge in [-0.1, -0.05) is 56.2 Å². The smallest absolute Gasteiger partial charge is 0.409 e. The number of epoxide rings is 1. The predicted octanol–water partition coefficient (Wildman–Crippen LogP) is 4.55. The number of fused-ring (bicyclic) bond motifs is 5. The second-order valence-electron chi connectivity index (χ2n) is 19.6. The van der Waals surface area contributed by atoms with Crippen LogP contribution in [0.3, 0.4) is 0 Å². The second-order valence-corrected chi connectivity index (χ2v) is 21.6. The Hall–Kier alpha value is -4.52. The fourth-order valence-electron chi connectivity index (χ4n) is 8.47. The van der Waals surface area contributed by atoms with Crippen LogP contribution in [0.1, 0.15) is 79.2 Å². The summed E-state index contributed by atoms with van der Waals surface area (Å²) in [4.78, 5) is 81.5. The molecule has 23 heteroatoms. The van der Waals surface area contributed by atoms with Crippen molar-refractivity contribution in [3.63, 3.8) is 0 Å². The van der Waals surface area contributed by atoms with Gasteiger partial charge >= 0.3 is 18.0 Å². The molecule has 0 aromatic heterocycles. The average Bonchev–Trinajstić information content (AvgIpc) is 4.07. The van der Waals surface area contributed by atoms with Crippen LogP contribution in [0.2, 0.25) is 5.02 Å². The first-order chi connectivity index (χ1) is 35.5. The number of esters is 2. The molecule has 1 aromatic carbocycles. The molecule has 3 aliphatic rings. The molecule has 2 fully saturated rings. The van der Waals surface area contributed by atoms with E-state index in [9.17, 15) is 33.9 Å². The van der Waals surface area contributed by atoms with Crippen molar-refractivity contribution in [2.75, 3.05) is 105 Å². The lowest BCUT2D eigenvalue weighted by Gasteiger charge is -2.42. The number of benzene rings is 1. The Morgan fingerprint density at radius 3 is 2.28 bits per heavy atom. The molecule has 75 heavy (non-hydrogen) atoms. The fourth-order valence-corrected chi connectivity index (χ4v) is 9.65. The zero-order valence-electron chi connectivity index (χ0n) is 45.3. The summed E-state index contributed by atoms with van der Waals surface area (Å²) in [7, 11) is 7.29. The summed E-state index contributed by atoms with van der Waals surface area (Å²) in [6.45, 7) is 13.9. The van der Waals surface area contributed by atoms with Crippen LogP contribution >= 0.6 is 23.4 Å². The van der Waals surface area contributed by atoms with E-state index in [0.29, 0.717) is 77.1 Å². The highest BCUT2D eigenvalue weighted by Crippen LogP contribution is 2.49. The van der Waals surface area contributed by atoms with Crippen LogP contribution in [0, 0.1) is 5.92 Å². The minimum Gasteiger partial charge on any atom is -0.495 e. The van der Waals surface area contributed by atoms with Gasteiger partial charge in [0.1, 0.15) is 40.7 Å². The molecule has 0 saturated carbocycles. The van der Waals surface area contributed by atoms with E-state index < -0.39 is 70.4 Å². The van der Waals surface area contributed by atoms with Gasteiger partial charge in [-0.05, 0) is 51.3 Å². The minimum atomic E-state index is -1.87. The fraction of sp³-hybridized carbons (Fsp3) is 0.692. The van der Waals surface area contributed by atoms with E-state index in [2.05, 4.69) is 15.4 Å². The van der Waals surface area contributed by atoms with Crippen LogP contribution in [0.5, 0.6) is 5.75 Å². The molecule has 0 radical (unpaired) electrons. The number of methoxy groups -OCH3 is 3. The van der Waals surface area contributed by atoms with E-state index >= 15 is 0 Å². The lowest BCUT2D eigenvalue weighted by Crippen LogP contribution is -2.63. The number of hydrogen-bond acceptors (Lipinski definition) is 18. The number of carbonyl (C=O) groups is 6. The summed E-state index contributed by atoms with van der Waals surface area (Å²) in [6, 6.07) is 2.47. The molecule has 21 nitrogen and oxygen atoms in total. The Balaban J connectivity index is 1.32. The van der Waals surface area contributed by atoms with Crippen LogP contribution in [-0.4, -0.2) is 193 Å². The molecule has 0 aliphatic carbocycles. The predicted molar refractivity (Wildman–Crippen MR) is 280 cm³/mol. The first-order valence-corrected chi connectivity index (χ1v) is 26.5. The van der Waals surface area contributed by atoms with E-state index in [1.54, 1.807) is 45.2 Å². The number of thioether (sulfide) groups is 1. The molecule has 3 N–H and O–H groups in total. The molecule has 422 valence electrons. The molecule has 3 aliphatic heterocycles. The zero-order chi connectivity index (χ0) is 55.5. The number of nitrogens with one attached hydrogen (secondary N) is 2. The monoisotopic (exact) mass is 1100 g/mol. The van der Waals surface area contributed by atoms with Crippen molar-refractivity contribution < 1.29 is 81.2 Å². The molecule has 1 aromatic rings. The molecular weight excluding hydrogens is 1020 g/mol. The first-order valence-electron chi connectivity index (χ1n) is 25.1. The molecule has 4 bridgehead atoms. The number of allylic oxidation sites excluding steroid dienone is 3. The molecule has 0 unspecified atom stereocenters. The van der Waals surface area contributed by atoms with Crippen LogP contribution in [0.4, 0.5) is 10.5 Å². The van der Waals surface area contributed by atoms with Crippen LogP contribution in [0.25, 0.3) is 0 Å². The first kappa shape index (κ1) is 63.0. The largest absolute Gasteiger partial charge is 0.495 e. The highest BCUT2D eigenvalue weighted by Gasteiger charge is 2.64. The highest BCUT2D eigenvalue weighted by atomic mass is 35.5. The number of anilines is 1. The molecule has 8 atom stereocenters. The summed E-state index contributed by atoms with van der Waals surface area (Å²) in [6.07, 6.45) is 1.22. The van der Waals surface area contributed by atoms with Crippen molar-refractivity contribution in [1.29, 1.82) is 0 Å². The summed E-state index contributed by atoms with van der Waals surface area (Å²) in [5.41, 5.74) is -1.10. The Bertz CT molecular complexity index is 2170. The van der Waals surface area contributed by atoms with Gasteiger partial charge in [0.25, 0.3) is 0 Å². The number of ether oxygens (including phenoxy) is 10. The maximum absolute atomic E-state index is 14.4. The van der Waals surface area contributed by atoms with Crippen molar-refractivity contribution in [2.24, 2.45) is 5.92 Å². The number of hydrogen-bond donors (Lipinski definition) is 3. The van der Waals surface area contributed by atoms with Crippen molar-refractivity contribution in [3.8, 4) is 5.75 Å². The molecular formula is C52H79ClN4O17S. The van der Waals surface area contributed by atoms with Crippen molar-refractivity contribution >= 4 is 64.8 Å². The molecule has 2 saturated heterocycles. The lowest BCUT2D eigenvalue weighted by molar-refractivity contribution is -0.162. The molecule has 0 spiro atoms. The van der Waals surface area contributed by atoms with Crippen LogP contribution in [0.15, 0.2) is 35.9 Å². The topological polar surface area (TPSA) is 249 Å². The van der Waals surface area contributed by atoms with Gasteiger partial charge in [0.05, 0.1) is 97.5 Å². The van der Waals surface area contributed by atoms with Crippen LogP contribution in [-0.2, 0) is 73.0 Å². The summed E-state index contributed by atoms with van der Waals surface area (Å²) < 4.78 is 55.3. The number of likely N-dealkylation sites (N-methyl/N-ethyl adjacent to an activating group) is 1. The van der Waals surface area contributed by atoms with Gasteiger partial charge in [-0.15, -0.1) is 11.8 Å². The van der Waals surface area contributed by atoms with Crippen LogP contribution < -0.4 is 20.3 Å². The number of nitrogens with zero attached hydrogens (tertiary/aromatic N) is 2. The summed E-state index contributed by atoms with van der Waals surface area (Å²) in [5.74, 6) is -2.17. The van der Waals surface area contributed by atoms with E-state index in [1.165, 1.54) is 56.9 Å². The third-order valence-corrected chi connectivity index (χ3v) is 15.2. The quantitative estimate of drug-likeness (QED) is 0.0498. The van der Waals surface area contributed by atoms with Crippen molar-refractivity contribution in [2.45, 2.75) is 127 Å². The molecule has 4 rings (SSSR count). The van der Waals surface area contributed by atoms with E-state index in [4.69, 9.17) is 54.2 Å². The normalized spacial score (nSPS) is 25.6. The highest BCUT2D eigenvalue weighted by molar-refractivity contribution is 8.01. The van der Waals surface area contributed by atoms with Gasteiger partial charge in [0, 0.05) is 51.3 Å². The maximum Gasteiger partial charge on any atom is 0.409 e. The second kappa shape index (κ2) is 29.8. The van der Waals surface area contributed by atoms with Gasteiger partial charge in [0.15, 0.2) is 5.72 Å². The Morgan fingerprint density at radius 2 is 1.65 bits per heavy atom. The number of amides is 4. The Morgan fingerprint density at radius 1 is 1.01 bits per heavy atom. The number of carbonyl (C=O) groups excluding carboxylic acids is 6. The molecule has 4 amide bonds. The van der Waals surface area contributed by atoms with Gasteiger partial charge in [-0.25, -0.2) is 9.59 Å². The third-order valence-electron chi connectivity index (χ3n) is 13.4.